The number of rotatable bonds is 7. The summed E-state index contributed by atoms with van der Waals surface area (Å²) in [4.78, 5) is 38.3. The molecule has 4 aromatic rings. The highest BCUT2D eigenvalue weighted by Gasteiger charge is 2.27. The van der Waals surface area contributed by atoms with Gasteiger partial charge in [-0.1, -0.05) is 23.7 Å². The van der Waals surface area contributed by atoms with Crippen molar-refractivity contribution >= 4 is 23.2 Å². The third-order valence-electron chi connectivity index (χ3n) is 5.39. The average Bonchev–Trinajstić information content (AvgIpc) is 3.70. The van der Waals surface area contributed by atoms with Crippen molar-refractivity contribution in [2.75, 3.05) is 5.73 Å². The van der Waals surface area contributed by atoms with E-state index in [4.69, 9.17) is 22.1 Å². The molecule has 2 N–H and O–H groups in total. The molecule has 3 aromatic heterocycles. The maximum absolute atomic E-state index is 13.4. The first-order chi connectivity index (χ1) is 16.9. The average molecular weight is 493 g/mol. The van der Waals surface area contributed by atoms with Crippen LogP contribution in [-0.2, 0) is 6.42 Å². The van der Waals surface area contributed by atoms with E-state index in [2.05, 4.69) is 20.1 Å². The molecule has 0 atom stereocenters. The minimum Gasteiger partial charge on any atom is -0.452 e. The molecule has 1 fully saturated rings. The first kappa shape index (κ1) is 22.6. The minimum atomic E-state index is -0.525. The van der Waals surface area contributed by atoms with Crippen LogP contribution in [0.4, 0.5) is 10.2 Å². The Morgan fingerprint density at radius 3 is 2.54 bits per heavy atom. The van der Waals surface area contributed by atoms with Crippen LogP contribution in [0, 0.1) is 5.82 Å². The smallest absolute Gasteiger partial charge is 0.219 e. The highest BCUT2D eigenvalue weighted by atomic mass is 35.5. The van der Waals surface area contributed by atoms with E-state index in [0.717, 1.165) is 12.8 Å². The van der Waals surface area contributed by atoms with Crippen LogP contribution in [0.3, 0.4) is 0 Å². The first-order valence-electron chi connectivity index (χ1n) is 10.7. The molecule has 0 unspecified atom stereocenters. The Kier molecular flexibility index (Phi) is 5.96. The Morgan fingerprint density at radius 1 is 1.14 bits per heavy atom. The van der Waals surface area contributed by atoms with E-state index in [0.29, 0.717) is 5.56 Å². The number of ether oxygens (including phenoxy) is 1. The lowest BCUT2D eigenvalue weighted by Gasteiger charge is -2.10. The molecular weight excluding hydrogens is 475 g/mol. The number of benzene rings is 1. The van der Waals surface area contributed by atoms with Crippen LogP contribution < -0.4 is 15.9 Å². The molecule has 1 aliphatic rings. The highest BCUT2D eigenvalue weighted by molar-refractivity contribution is 6.34. The van der Waals surface area contributed by atoms with Gasteiger partial charge in [-0.3, -0.25) is 14.3 Å². The summed E-state index contributed by atoms with van der Waals surface area (Å²) in [6.07, 6.45) is 7.41. The normalized spacial score (nSPS) is 13.0. The molecule has 1 aromatic carbocycles. The number of carbonyl (C=O) groups excluding carboxylic acids is 1. The van der Waals surface area contributed by atoms with Crippen LogP contribution in [0.2, 0.25) is 5.02 Å². The van der Waals surface area contributed by atoms with Crippen molar-refractivity contribution in [3.63, 3.8) is 0 Å². The van der Waals surface area contributed by atoms with E-state index in [1.807, 2.05) is 0 Å². The summed E-state index contributed by atoms with van der Waals surface area (Å²) < 4.78 is 20.6. The number of anilines is 1. The predicted octanol–water partition coefficient (Wildman–Crippen LogP) is 4.02. The fourth-order valence-corrected chi connectivity index (χ4v) is 3.56. The van der Waals surface area contributed by atoms with Gasteiger partial charge in [0.25, 0.3) is 0 Å². The Hall–Kier alpha value is -4.18. The van der Waals surface area contributed by atoms with Crippen LogP contribution in [0.5, 0.6) is 11.5 Å². The van der Waals surface area contributed by atoms with Crippen LogP contribution in [-0.4, -0.2) is 30.5 Å². The van der Waals surface area contributed by atoms with Crippen molar-refractivity contribution in [1.82, 2.24) is 24.7 Å². The molecule has 0 bridgehead atoms. The number of aromatic nitrogens is 5. The molecule has 35 heavy (non-hydrogen) atoms. The molecule has 9 nitrogen and oxygen atoms in total. The summed E-state index contributed by atoms with van der Waals surface area (Å²) in [5, 5.41) is 4.45. The van der Waals surface area contributed by atoms with Gasteiger partial charge in [0.2, 0.25) is 5.43 Å². The van der Waals surface area contributed by atoms with Crippen LogP contribution in [0.15, 0.2) is 59.9 Å². The molecule has 5 rings (SSSR count). The van der Waals surface area contributed by atoms with Gasteiger partial charge in [0.1, 0.15) is 22.5 Å². The van der Waals surface area contributed by atoms with Gasteiger partial charge in [0.15, 0.2) is 23.0 Å². The van der Waals surface area contributed by atoms with Gasteiger partial charge in [-0.05, 0) is 30.5 Å². The number of halogens is 2. The fourth-order valence-electron chi connectivity index (χ4n) is 3.41. The molecule has 0 radical (unpaired) electrons. The molecule has 0 spiro atoms. The number of carbonyl (C=O) groups is 1. The zero-order chi connectivity index (χ0) is 24.5. The topological polar surface area (TPSA) is 126 Å². The lowest BCUT2D eigenvalue weighted by molar-refractivity contribution is 0.0982. The number of nitrogen functional groups attached to an aromatic ring is 1. The summed E-state index contributed by atoms with van der Waals surface area (Å²) >= 11 is 6.07. The van der Waals surface area contributed by atoms with E-state index >= 15 is 0 Å². The third kappa shape index (κ3) is 4.87. The lowest BCUT2D eigenvalue weighted by Crippen LogP contribution is -2.25. The molecule has 176 valence electrons. The number of hydrogen-bond donors (Lipinski definition) is 1. The Bertz CT molecular complexity index is 1470. The van der Waals surface area contributed by atoms with E-state index in [1.54, 1.807) is 16.9 Å². The quantitative estimate of drug-likeness (QED) is 0.383. The van der Waals surface area contributed by atoms with Gasteiger partial charge in [-0.2, -0.15) is 5.10 Å². The Balaban J connectivity index is 1.39. The number of pyridine rings is 1. The Labute approximate surface area is 203 Å². The maximum atomic E-state index is 13.4. The van der Waals surface area contributed by atoms with Crippen LogP contribution in [0.25, 0.3) is 11.1 Å². The van der Waals surface area contributed by atoms with Crippen LogP contribution >= 0.6 is 11.6 Å². The molecule has 1 aliphatic carbocycles. The number of ketones is 1. The van der Waals surface area contributed by atoms with Gasteiger partial charge in [0, 0.05) is 24.0 Å². The van der Waals surface area contributed by atoms with Gasteiger partial charge in [-0.15, -0.1) is 0 Å². The standard InChI is InChI=1S/C24H18ClFN6O3/c25-21-19(7-8-28-24(21)27)35-16-10-29-20(30-11-16)9-18(33)22-23(34)17(12-32(31-22)15-5-6-15)13-1-3-14(26)4-2-13/h1-4,7-8,10-12,15H,5-6,9H2,(H2,27,28). The predicted molar refractivity (Wildman–Crippen MR) is 126 cm³/mol. The minimum absolute atomic E-state index is 0.125. The molecule has 0 aliphatic heterocycles. The summed E-state index contributed by atoms with van der Waals surface area (Å²) in [7, 11) is 0. The zero-order valence-electron chi connectivity index (χ0n) is 18.2. The van der Waals surface area contributed by atoms with Crippen molar-refractivity contribution in [2.24, 2.45) is 0 Å². The number of nitrogens with two attached hydrogens (primary N) is 1. The second-order valence-electron chi connectivity index (χ2n) is 7.98. The zero-order valence-corrected chi connectivity index (χ0v) is 18.9. The number of hydrogen-bond acceptors (Lipinski definition) is 8. The van der Waals surface area contributed by atoms with Crippen molar-refractivity contribution in [3.05, 3.63) is 87.7 Å². The lowest BCUT2D eigenvalue weighted by atomic mass is 10.0. The maximum Gasteiger partial charge on any atom is 0.219 e. The summed E-state index contributed by atoms with van der Waals surface area (Å²) in [6, 6.07) is 7.21. The number of nitrogens with zero attached hydrogens (tertiary/aromatic N) is 5. The summed E-state index contributed by atoms with van der Waals surface area (Å²) in [6.45, 7) is 0. The van der Waals surface area contributed by atoms with Crippen molar-refractivity contribution in [1.29, 1.82) is 0 Å². The molecule has 0 amide bonds. The van der Waals surface area contributed by atoms with E-state index in [-0.39, 0.29) is 51.9 Å². The highest BCUT2D eigenvalue weighted by Crippen LogP contribution is 2.34. The third-order valence-corrected chi connectivity index (χ3v) is 5.77. The van der Waals surface area contributed by atoms with Gasteiger partial charge in [0.05, 0.1) is 24.9 Å². The van der Waals surface area contributed by atoms with Gasteiger partial charge in [-0.25, -0.2) is 19.3 Å². The second-order valence-corrected chi connectivity index (χ2v) is 8.36. The second kappa shape index (κ2) is 9.22. The first-order valence-corrected chi connectivity index (χ1v) is 11.1. The van der Waals surface area contributed by atoms with Gasteiger partial charge < -0.3 is 10.5 Å². The molecule has 11 heteroatoms. The summed E-state index contributed by atoms with van der Waals surface area (Å²) in [5.74, 6) is -0.0586. The monoisotopic (exact) mass is 492 g/mol. The fraction of sp³-hybridized carbons (Fsp3) is 0.167. The molecule has 3 heterocycles. The van der Waals surface area contributed by atoms with Crippen LogP contribution in [0.1, 0.15) is 35.2 Å². The number of Topliss-reactive ketones (excluding diaryl/α,β-unsaturated/α-hetero) is 1. The molecular formula is C24H18ClFN6O3. The van der Waals surface area contributed by atoms with E-state index < -0.39 is 17.0 Å². The van der Waals surface area contributed by atoms with Gasteiger partial charge >= 0.3 is 0 Å². The molecule has 0 saturated heterocycles. The van der Waals surface area contributed by atoms with E-state index in [1.165, 1.54) is 42.9 Å². The Morgan fingerprint density at radius 2 is 1.86 bits per heavy atom. The summed E-state index contributed by atoms with van der Waals surface area (Å²) in [5.41, 5.74) is 5.73. The molecule has 1 saturated carbocycles. The van der Waals surface area contributed by atoms with Crippen molar-refractivity contribution in [2.45, 2.75) is 25.3 Å². The van der Waals surface area contributed by atoms with E-state index in [9.17, 15) is 14.0 Å². The van der Waals surface area contributed by atoms with Crippen molar-refractivity contribution in [3.8, 4) is 22.6 Å². The largest absolute Gasteiger partial charge is 0.452 e. The SMILES string of the molecule is Nc1nccc(Oc2cnc(CC(=O)c3nn(C4CC4)cc(-c4ccc(F)cc4)c3=O)nc2)c1Cl. The van der Waals surface area contributed by atoms with Crippen molar-refractivity contribution < 1.29 is 13.9 Å².